The van der Waals surface area contributed by atoms with Crippen LogP contribution in [0.25, 0.3) is 0 Å². The molecule has 0 atom stereocenters. The zero-order valence-electron chi connectivity index (χ0n) is 18.1. The molecule has 2 aromatic rings. The summed E-state index contributed by atoms with van der Waals surface area (Å²) in [6.07, 6.45) is 2.15. The van der Waals surface area contributed by atoms with Crippen molar-refractivity contribution < 1.29 is 24.5 Å². The number of aliphatic carboxylic acids is 2. The lowest BCUT2D eigenvalue weighted by atomic mass is 10.2. The monoisotopic (exact) mass is 428 g/mol. The van der Waals surface area contributed by atoms with Crippen LogP contribution < -0.4 is 4.74 Å². The molecule has 0 bridgehead atoms. The highest BCUT2D eigenvalue weighted by Crippen LogP contribution is 2.14. The molecule has 1 aliphatic rings. The van der Waals surface area contributed by atoms with Crippen LogP contribution in [-0.2, 0) is 22.6 Å². The van der Waals surface area contributed by atoms with E-state index >= 15 is 0 Å². The standard InChI is InChI=1S/C22H30N2O.C2H2O4/c1-2-20-10-6-11-22(18-20)25-17-7-12-23-13-15-24(16-14-23)19-21-8-4-3-5-9-21;3-1(4)2(5)6/h3-6,8-11,18H,2,7,12-17,19H2,1H3;(H,3,4)(H,5,6). The van der Waals surface area contributed by atoms with Crippen LogP contribution in [0.4, 0.5) is 0 Å². The van der Waals surface area contributed by atoms with E-state index in [4.69, 9.17) is 24.5 Å². The van der Waals surface area contributed by atoms with E-state index < -0.39 is 11.9 Å². The average molecular weight is 429 g/mol. The Labute approximate surface area is 183 Å². The van der Waals surface area contributed by atoms with Crippen LogP contribution in [-0.4, -0.2) is 71.3 Å². The van der Waals surface area contributed by atoms with Gasteiger partial charge in [0.1, 0.15) is 5.75 Å². The first-order valence-corrected chi connectivity index (χ1v) is 10.6. The molecule has 168 valence electrons. The van der Waals surface area contributed by atoms with Crippen molar-refractivity contribution in [1.82, 2.24) is 9.80 Å². The van der Waals surface area contributed by atoms with Gasteiger partial charge in [-0.3, -0.25) is 4.90 Å². The van der Waals surface area contributed by atoms with Gasteiger partial charge >= 0.3 is 11.9 Å². The summed E-state index contributed by atoms with van der Waals surface area (Å²) in [7, 11) is 0. The fourth-order valence-electron chi connectivity index (χ4n) is 3.35. The first kappa shape index (κ1) is 24.4. The van der Waals surface area contributed by atoms with Crippen LogP contribution in [0.2, 0.25) is 0 Å². The maximum absolute atomic E-state index is 9.10. The number of ether oxygens (including phenoxy) is 1. The summed E-state index contributed by atoms with van der Waals surface area (Å²) < 4.78 is 5.90. The number of nitrogens with zero attached hydrogens (tertiary/aromatic N) is 2. The second-order valence-corrected chi connectivity index (χ2v) is 7.42. The van der Waals surface area contributed by atoms with Gasteiger partial charge in [0.15, 0.2) is 0 Å². The molecule has 2 aromatic carbocycles. The molecule has 0 aromatic heterocycles. The number of aryl methyl sites for hydroxylation is 1. The summed E-state index contributed by atoms with van der Waals surface area (Å²) in [5, 5.41) is 14.8. The van der Waals surface area contributed by atoms with Gasteiger partial charge in [-0.15, -0.1) is 0 Å². The minimum atomic E-state index is -1.82. The van der Waals surface area contributed by atoms with E-state index in [2.05, 4.69) is 71.3 Å². The summed E-state index contributed by atoms with van der Waals surface area (Å²) in [5.41, 5.74) is 2.76. The fourth-order valence-corrected chi connectivity index (χ4v) is 3.35. The van der Waals surface area contributed by atoms with Crippen molar-refractivity contribution in [3.05, 3.63) is 65.7 Å². The fraction of sp³-hybridized carbons (Fsp3) is 0.417. The van der Waals surface area contributed by atoms with Crippen LogP contribution in [0.3, 0.4) is 0 Å². The predicted molar refractivity (Wildman–Crippen MR) is 119 cm³/mol. The SMILES string of the molecule is CCc1cccc(OCCCN2CCN(Cc3ccccc3)CC2)c1.O=C(O)C(=O)O. The van der Waals surface area contributed by atoms with E-state index in [0.29, 0.717) is 0 Å². The van der Waals surface area contributed by atoms with Gasteiger partial charge in [0.05, 0.1) is 6.61 Å². The van der Waals surface area contributed by atoms with Gasteiger partial charge in [0.2, 0.25) is 0 Å². The Morgan fingerprint density at radius 1 is 0.871 bits per heavy atom. The van der Waals surface area contributed by atoms with Crippen molar-refractivity contribution in [3.63, 3.8) is 0 Å². The molecule has 1 aliphatic heterocycles. The smallest absolute Gasteiger partial charge is 0.414 e. The van der Waals surface area contributed by atoms with Crippen LogP contribution in [0.5, 0.6) is 5.75 Å². The molecule has 0 saturated carbocycles. The largest absolute Gasteiger partial charge is 0.494 e. The first-order valence-electron chi connectivity index (χ1n) is 10.6. The van der Waals surface area contributed by atoms with E-state index in [-0.39, 0.29) is 0 Å². The first-order chi connectivity index (χ1) is 15.0. The van der Waals surface area contributed by atoms with E-state index in [1.165, 1.54) is 11.1 Å². The zero-order chi connectivity index (χ0) is 22.5. The normalized spacial score (nSPS) is 14.4. The zero-order valence-corrected chi connectivity index (χ0v) is 18.1. The number of carboxylic acid groups (broad SMARTS) is 2. The highest BCUT2D eigenvalue weighted by molar-refractivity contribution is 6.27. The molecular formula is C24H32N2O5. The molecule has 0 unspecified atom stereocenters. The van der Waals surface area contributed by atoms with E-state index in [1.807, 2.05) is 0 Å². The van der Waals surface area contributed by atoms with Crippen molar-refractivity contribution in [2.75, 3.05) is 39.3 Å². The van der Waals surface area contributed by atoms with E-state index in [1.54, 1.807) is 0 Å². The van der Waals surface area contributed by atoms with Gasteiger partial charge < -0.3 is 19.8 Å². The summed E-state index contributed by atoms with van der Waals surface area (Å²) in [6.45, 7) is 9.84. The predicted octanol–water partition coefficient (Wildman–Crippen LogP) is 2.99. The quantitative estimate of drug-likeness (QED) is 0.493. The molecule has 3 rings (SSSR count). The second-order valence-electron chi connectivity index (χ2n) is 7.42. The maximum atomic E-state index is 9.10. The van der Waals surface area contributed by atoms with E-state index in [0.717, 1.165) is 64.5 Å². The Morgan fingerprint density at radius 2 is 1.48 bits per heavy atom. The lowest BCUT2D eigenvalue weighted by molar-refractivity contribution is -0.159. The summed E-state index contributed by atoms with van der Waals surface area (Å²) in [4.78, 5) is 23.3. The lowest BCUT2D eigenvalue weighted by Gasteiger charge is -2.34. The molecule has 0 aliphatic carbocycles. The van der Waals surface area contributed by atoms with Crippen LogP contribution in [0.15, 0.2) is 54.6 Å². The number of hydrogen-bond acceptors (Lipinski definition) is 5. The highest BCUT2D eigenvalue weighted by Gasteiger charge is 2.16. The van der Waals surface area contributed by atoms with Gasteiger partial charge in [-0.25, -0.2) is 9.59 Å². The lowest BCUT2D eigenvalue weighted by Crippen LogP contribution is -2.46. The van der Waals surface area contributed by atoms with Gasteiger partial charge in [-0.2, -0.15) is 0 Å². The molecule has 1 saturated heterocycles. The summed E-state index contributed by atoms with van der Waals surface area (Å²) in [6, 6.07) is 19.2. The van der Waals surface area contributed by atoms with E-state index in [9.17, 15) is 0 Å². The number of benzene rings is 2. The Kier molecular flexibility index (Phi) is 10.5. The average Bonchev–Trinajstić information content (AvgIpc) is 2.79. The molecule has 31 heavy (non-hydrogen) atoms. The van der Waals surface area contributed by atoms with Gasteiger partial charge in [-0.05, 0) is 36.1 Å². The Morgan fingerprint density at radius 3 is 2.10 bits per heavy atom. The number of carboxylic acids is 2. The Bertz CT molecular complexity index is 793. The molecule has 1 fully saturated rings. The van der Waals surface area contributed by atoms with Crippen molar-refractivity contribution >= 4 is 11.9 Å². The third-order valence-corrected chi connectivity index (χ3v) is 5.09. The highest BCUT2D eigenvalue weighted by atomic mass is 16.5. The summed E-state index contributed by atoms with van der Waals surface area (Å²) in [5.74, 6) is -2.64. The van der Waals surface area contributed by atoms with Crippen LogP contribution in [0, 0.1) is 0 Å². The molecule has 7 heteroatoms. The molecule has 1 heterocycles. The Hall–Kier alpha value is -2.90. The van der Waals surface area contributed by atoms with Crippen molar-refractivity contribution in [3.8, 4) is 5.75 Å². The summed E-state index contributed by atoms with van der Waals surface area (Å²) >= 11 is 0. The van der Waals surface area contributed by atoms with Crippen molar-refractivity contribution in [1.29, 1.82) is 0 Å². The third-order valence-electron chi connectivity index (χ3n) is 5.09. The van der Waals surface area contributed by atoms with Gasteiger partial charge in [0, 0.05) is 39.3 Å². The number of piperazine rings is 1. The molecular weight excluding hydrogens is 396 g/mol. The molecule has 0 spiro atoms. The molecule has 2 N–H and O–H groups in total. The second kappa shape index (κ2) is 13.4. The van der Waals surface area contributed by atoms with Crippen molar-refractivity contribution in [2.45, 2.75) is 26.3 Å². The molecule has 0 amide bonds. The maximum Gasteiger partial charge on any atom is 0.414 e. The Balaban J connectivity index is 0.000000501. The van der Waals surface area contributed by atoms with Crippen LogP contribution >= 0.6 is 0 Å². The third kappa shape index (κ3) is 9.63. The molecule has 0 radical (unpaired) electrons. The minimum Gasteiger partial charge on any atom is -0.494 e. The minimum absolute atomic E-state index is 0.803. The number of hydrogen-bond donors (Lipinski definition) is 2. The van der Waals surface area contributed by atoms with Crippen LogP contribution in [0.1, 0.15) is 24.5 Å². The topological polar surface area (TPSA) is 90.3 Å². The van der Waals surface area contributed by atoms with Gasteiger partial charge in [0.25, 0.3) is 0 Å². The number of carbonyl (C=O) groups is 2. The number of rotatable bonds is 8. The molecule has 7 nitrogen and oxygen atoms in total. The van der Waals surface area contributed by atoms with Crippen molar-refractivity contribution in [2.24, 2.45) is 0 Å². The van der Waals surface area contributed by atoms with Gasteiger partial charge in [-0.1, -0.05) is 49.4 Å².